The van der Waals surface area contributed by atoms with Crippen molar-refractivity contribution >= 4 is 38.7 Å². The van der Waals surface area contributed by atoms with Crippen LogP contribution in [-0.2, 0) is 88.0 Å². The van der Waals surface area contributed by atoms with Crippen molar-refractivity contribution in [2.45, 2.75) is 109 Å². The van der Waals surface area contributed by atoms with Crippen molar-refractivity contribution in [1.82, 2.24) is 0 Å². The number of methoxy groups -OCH3 is 2. The van der Waals surface area contributed by atoms with E-state index < -0.39 is 117 Å². The molecule has 1 aromatic carbocycles. The fourth-order valence-corrected chi connectivity index (χ4v) is 5.95. The van der Waals surface area contributed by atoms with Crippen LogP contribution in [0.3, 0.4) is 0 Å². The second-order valence-corrected chi connectivity index (χ2v) is 16.4. The summed E-state index contributed by atoms with van der Waals surface area (Å²) >= 11 is 0. The molecule has 2 aliphatic rings. The number of benzene rings is 1. The Morgan fingerprint density at radius 3 is 1.89 bits per heavy atom. The summed E-state index contributed by atoms with van der Waals surface area (Å²) in [6.07, 6.45) is -17.4. The Morgan fingerprint density at radius 1 is 0.818 bits per heavy atom. The van der Waals surface area contributed by atoms with Gasteiger partial charge in [-0.3, -0.25) is 18.7 Å². The third kappa shape index (κ3) is 13.0. The molecule has 0 unspecified atom stereocenters. The van der Waals surface area contributed by atoms with Gasteiger partial charge < -0.3 is 37.9 Å². The van der Waals surface area contributed by atoms with Crippen molar-refractivity contribution < 1.29 is 86.6 Å². The Labute approximate surface area is 317 Å². The van der Waals surface area contributed by atoms with E-state index in [0.29, 0.717) is 5.56 Å². The molecule has 2 heterocycles. The Hall–Kier alpha value is -3.52. The van der Waals surface area contributed by atoms with Gasteiger partial charge in [0.15, 0.2) is 37.0 Å². The SMILES string of the molecule is COC(=O)[C@@H]1O[C@@H](O[C@H]2[C@H](OCc3ccccc3)[C@@H](N=[N+]=[N-])[C@@H](OC)O[C@@H]2COS(=O)(=O)O)[C@H](OS(=O)(=O)O)[C@@H](OC(=O)C(C)(C)C)[C@@H]1OC(=O)C(C)(C)C. The highest BCUT2D eigenvalue weighted by Crippen LogP contribution is 2.37. The van der Waals surface area contributed by atoms with Gasteiger partial charge in [0.25, 0.3) is 0 Å². The third-order valence-corrected chi connectivity index (χ3v) is 8.76. The van der Waals surface area contributed by atoms with Gasteiger partial charge >= 0.3 is 38.7 Å². The van der Waals surface area contributed by atoms with E-state index in [1.165, 1.54) is 41.5 Å². The molecule has 1 aromatic rings. The van der Waals surface area contributed by atoms with E-state index in [1.807, 2.05) is 0 Å². The Morgan fingerprint density at radius 2 is 1.40 bits per heavy atom. The number of esters is 3. The van der Waals surface area contributed by atoms with Crippen LogP contribution in [0.1, 0.15) is 47.1 Å². The first-order chi connectivity index (χ1) is 25.4. The molecular weight excluding hydrogens is 782 g/mol. The number of rotatable bonds is 15. The second kappa shape index (κ2) is 18.6. The van der Waals surface area contributed by atoms with E-state index in [4.69, 9.17) is 42.1 Å². The lowest BCUT2D eigenvalue weighted by molar-refractivity contribution is -0.342. The number of nitrogens with zero attached hydrogens (tertiary/aromatic N) is 3. The van der Waals surface area contributed by atoms with E-state index in [1.54, 1.807) is 30.3 Å². The largest absolute Gasteiger partial charge is 0.467 e. The van der Waals surface area contributed by atoms with Crippen molar-refractivity contribution in [3.63, 3.8) is 0 Å². The van der Waals surface area contributed by atoms with Gasteiger partial charge in [-0.2, -0.15) is 16.8 Å². The molecule has 0 bridgehead atoms. The van der Waals surface area contributed by atoms with Crippen molar-refractivity contribution in [2.24, 2.45) is 15.9 Å². The van der Waals surface area contributed by atoms with Crippen LogP contribution in [0.15, 0.2) is 35.4 Å². The summed E-state index contributed by atoms with van der Waals surface area (Å²) in [6.45, 7) is 7.32. The second-order valence-electron chi connectivity index (χ2n) is 14.2. The Kier molecular flexibility index (Phi) is 15.5. The molecule has 2 saturated heterocycles. The minimum absolute atomic E-state index is 0.233. The molecule has 0 spiro atoms. The number of carbonyl (C=O) groups excluding carboxylic acids is 3. The molecule has 2 N–H and O–H groups in total. The van der Waals surface area contributed by atoms with Crippen molar-refractivity contribution in [1.29, 1.82) is 0 Å². The highest BCUT2D eigenvalue weighted by molar-refractivity contribution is 7.81. The predicted molar refractivity (Wildman–Crippen MR) is 182 cm³/mol. The van der Waals surface area contributed by atoms with Gasteiger partial charge in [0.2, 0.25) is 0 Å². The topological polar surface area (TPSA) is 301 Å². The van der Waals surface area contributed by atoms with Crippen LogP contribution in [0.2, 0.25) is 0 Å². The molecule has 22 nitrogen and oxygen atoms in total. The Balaban J connectivity index is 2.28. The summed E-state index contributed by atoms with van der Waals surface area (Å²) in [4.78, 5) is 42.7. The maximum Gasteiger partial charge on any atom is 0.397 e. The third-order valence-electron chi connectivity index (χ3n) is 7.86. The smallest absolute Gasteiger partial charge is 0.397 e. The van der Waals surface area contributed by atoms with E-state index in [2.05, 4.69) is 14.2 Å². The van der Waals surface area contributed by atoms with Crippen molar-refractivity contribution in [3.05, 3.63) is 46.3 Å². The summed E-state index contributed by atoms with van der Waals surface area (Å²) in [5.74, 6) is -3.28. The quantitative estimate of drug-likeness (QED) is 0.0636. The minimum Gasteiger partial charge on any atom is -0.467 e. The maximum absolute atomic E-state index is 13.4. The average Bonchev–Trinajstić information content (AvgIpc) is 3.07. The van der Waals surface area contributed by atoms with Gasteiger partial charge in [-0.25, -0.2) is 13.2 Å². The standard InChI is InChI=1S/C31H45N3O19S2/c1-30(2,3)28(36)51-21-22(52-29(37)31(4,5)6)24(53-55(41,42)43)27(50-23(21)25(35)44-7)49-19-17(15-47-54(38,39)40)48-26(45-8)18(33-34-32)20(19)46-14-16-12-10-9-11-13-16/h9-13,17-24,26-27H,14-15H2,1-8H3,(H,38,39,40)(H,41,42,43)/t17-,18-,19-,20-,21+,22+,23-,24-,26+,27-/m1/s1. The molecule has 2 fully saturated rings. The highest BCUT2D eigenvalue weighted by atomic mass is 32.3. The average molecular weight is 828 g/mol. The lowest BCUT2D eigenvalue weighted by Gasteiger charge is -2.48. The van der Waals surface area contributed by atoms with E-state index in [9.17, 15) is 45.9 Å². The van der Waals surface area contributed by atoms with Gasteiger partial charge in [0.1, 0.15) is 24.4 Å². The first-order valence-corrected chi connectivity index (χ1v) is 19.1. The summed E-state index contributed by atoms with van der Waals surface area (Å²) in [5, 5.41) is 3.71. The van der Waals surface area contributed by atoms with Crippen LogP contribution >= 0.6 is 0 Å². The van der Waals surface area contributed by atoms with Crippen LogP contribution in [-0.4, -0.2) is 126 Å². The number of hydrogen-bond donors (Lipinski definition) is 2. The maximum atomic E-state index is 13.4. The van der Waals surface area contributed by atoms with E-state index in [-0.39, 0.29) is 6.61 Å². The lowest BCUT2D eigenvalue weighted by atomic mass is 9.93. The molecular formula is C31H45N3O19S2. The van der Waals surface area contributed by atoms with Gasteiger partial charge in [-0.15, -0.1) is 0 Å². The van der Waals surface area contributed by atoms with E-state index in [0.717, 1.165) is 14.2 Å². The summed E-state index contributed by atoms with van der Waals surface area (Å²) in [5.41, 5.74) is 7.47. The van der Waals surface area contributed by atoms with Crippen LogP contribution in [0, 0.1) is 10.8 Å². The van der Waals surface area contributed by atoms with Crippen LogP contribution in [0.5, 0.6) is 0 Å². The molecule has 2 aliphatic heterocycles. The molecule has 0 saturated carbocycles. The normalized spacial score (nSPS) is 29.1. The number of ether oxygens (including phenoxy) is 8. The molecule has 55 heavy (non-hydrogen) atoms. The van der Waals surface area contributed by atoms with Crippen molar-refractivity contribution in [3.8, 4) is 0 Å². The predicted octanol–water partition coefficient (Wildman–Crippen LogP) is 1.83. The molecule has 10 atom stereocenters. The lowest BCUT2D eigenvalue weighted by Crippen LogP contribution is -2.67. The molecule has 3 rings (SSSR count). The van der Waals surface area contributed by atoms with Crippen molar-refractivity contribution in [2.75, 3.05) is 20.8 Å². The monoisotopic (exact) mass is 827 g/mol. The van der Waals surface area contributed by atoms with Gasteiger partial charge in [-0.1, -0.05) is 35.4 Å². The first-order valence-electron chi connectivity index (χ1n) is 16.4. The molecule has 24 heteroatoms. The zero-order chi connectivity index (χ0) is 41.5. The molecule has 0 aliphatic carbocycles. The zero-order valence-electron chi connectivity index (χ0n) is 31.1. The highest BCUT2D eigenvalue weighted by Gasteiger charge is 2.59. The molecule has 310 valence electrons. The van der Waals surface area contributed by atoms with Gasteiger partial charge in [0, 0.05) is 12.0 Å². The number of azide groups is 1. The summed E-state index contributed by atoms with van der Waals surface area (Å²) < 4.78 is 122. The fourth-order valence-electron chi connectivity index (χ4n) is 5.17. The van der Waals surface area contributed by atoms with Gasteiger partial charge in [0.05, 0.1) is 31.2 Å². The van der Waals surface area contributed by atoms with Gasteiger partial charge in [-0.05, 0) is 52.6 Å². The summed E-state index contributed by atoms with van der Waals surface area (Å²) in [7, 11) is -8.64. The fraction of sp³-hybridized carbons (Fsp3) is 0.710. The first kappa shape index (κ1) is 45.9. The molecule has 0 amide bonds. The minimum atomic E-state index is -5.55. The molecule has 0 radical (unpaired) electrons. The zero-order valence-corrected chi connectivity index (χ0v) is 32.7. The molecule has 0 aromatic heterocycles. The van der Waals surface area contributed by atoms with E-state index >= 15 is 0 Å². The summed E-state index contributed by atoms with van der Waals surface area (Å²) in [6, 6.07) is 6.95. The van der Waals surface area contributed by atoms with Crippen LogP contribution in [0.25, 0.3) is 10.4 Å². The Bertz CT molecular complexity index is 1760. The van der Waals surface area contributed by atoms with Crippen LogP contribution < -0.4 is 0 Å². The van der Waals surface area contributed by atoms with Crippen LogP contribution in [0.4, 0.5) is 0 Å². The number of carbonyl (C=O) groups is 3. The number of hydrogen-bond acceptors (Lipinski definition) is 18.